The minimum Gasteiger partial charge on any atom is -0.381 e. The largest absolute Gasteiger partial charge is 0.381 e. The molecule has 2 fully saturated rings. The molecule has 1 aromatic rings. The van der Waals surface area contributed by atoms with Crippen LogP contribution in [0.4, 0.5) is 4.79 Å². The SMILES string of the molecule is CCC(C)NC(=O)N1CC(c2nc(CCOCC3CCCC3)no2)C1. The summed E-state index contributed by atoms with van der Waals surface area (Å²) in [5.41, 5.74) is 0. The zero-order valence-electron chi connectivity index (χ0n) is 15.4. The second-order valence-electron chi connectivity index (χ2n) is 7.38. The molecule has 0 aromatic carbocycles. The molecule has 2 heterocycles. The highest BCUT2D eigenvalue weighted by Gasteiger charge is 2.35. The summed E-state index contributed by atoms with van der Waals surface area (Å²) in [4.78, 5) is 18.2. The van der Waals surface area contributed by atoms with Crippen molar-refractivity contribution in [2.75, 3.05) is 26.3 Å². The average molecular weight is 350 g/mol. The van der Waals surface area contributed by atoms with Gasteiger partial charge in [0.25, 0.3) is 0 Å². The second-order valence-corrected chi connectivity index (χ2v) is 7.38. The van der Waals surface area contributed by atoms with Crippen LogP contribution < -0.4 is 5.32 Å². The molecular formula is C18H30N4O3. The number of carbonyl (C=O) groups is 1. The van der Waals surface area contributed by atoms with Crippen LogP contribution in [0.3, 0.4) is 0 Å². The third-order valence-electron chi connectivity index (χ3n) is 5.28. The summed E-state index contributed by atoms with van der Waals surface area (Å²) in [6, 6.07) is 0.191. The Kier molecular flexibility index (Phi) is 6.29. The standard InChI is InChI=1S/C18H30N4O3/c1-3-13(2)19-18(23)22-10-15(11-22)17-20-16(21-25-17)8-9-24-12-14-6-4-5-7-14/h13-15H,3-12H2,1-2H3,(H,19,23). The first-order valence-electron chi connectivity index (χ1n) is 9.61. The van der Waals surface area contributed by atoms with E-state index in [9.17, 15) is 4.79 Å². The van der Waals surface area contributed by atoms with Crippen molar-refractivity contribution in [3.05, 3.63) is 11.7 Å². The molecule has 1 aliphatic heterocycles. The van der Waals surface area contributed by atoms with Crippen LogP contribution in [0.15, 0.2) is 4.52 Å². The summed E-state index contributed by atoms with van der Waals surface area (Å²) < 4.78 is 11.1. The van der Waals surface area contributed by atoms with Crippen LogP contribution in [0.1, 0.15) is 63.6 Å². The first-order valence-corrected chi connectivity index (χ1v) is 9.61. The first-order chi connectivity index (χ1) is 12.2. The van der Waals surface area contributed by atoms with E-state index < -0.39 is 0 Å². The summed E-state index contributed by atoms with van der Waals surface area (Å²) in [6.07, 6.45) is 6.90. The van der Waals surface area contributed by atoms with E-state index in [0.29, 0.717) is 37.8 Å². The topological polar surface area (TPSA) is 80.5 Å². The molecule has 2 aliphatic rings. The van der Waals surface area contributed by atoms with Crippen LogP contribution in [0, 0.1) is 5.92 Å². The molecule has 7 heteroatoms. The van der Waals surface area contributed by atoms with Gasteiger partial charge in [0.2, 0.25) is 5.89 Å². The fourth-order valence-electron chi connectivity index (χ4n) is 3.33. The summed E-state index contributed by atoms with van der Waals surface area (Å²) in [5, 5.41) is 7.00. The molecule has 1 N–H and O–H groups in total. The van der Waals surface area contributed by atoms with E-state index in [1.807, 2.05) is 6.92 Å². The van der Waals surface area contributed by atoms with Gasteiger partial charge in [-0.3, -0.25) is 0 Å². The highest BCUT2D eigenvalue weighted by molar-refractivity contribution is 5.75. The number of aromatic nitrogens is 2. The van der Waals surface area contributed by atoms with Gasteiger partial charge in [-0.1, -0.05) is 24.9 Å². The second kappa shape index (κ2) is 8.65. The lowest BCUT2D eigenvalue weighted by molar-refractivity contribution is 0.102. The van der Waals surface area contributed by atoms with E-state index in [1.54, 1.807) is 4.90 Å². The smallest absolute Gasteiger partial charge is 0.317 e. The Hall–Kier alpha value is -1.63. The van der Waals surface area contributed by atoms with Crippen molar-refractivity contribution in [3.63, 3.8) is 0 Å². The Balaban J connectivity index is 1.34. The molecule has 1 saturated carbocycles. The molecule has 7 nitrogen and oxygen atoms in total. The van der Waals surface area contributed by atoms with E-state index in [1.165, 1.54) is 25.7 Å². The Bertz CT molecular complexity index is 550. The predicted molar refractivity (Wildman–Crippen MR) is 93.4 cm³/mol. The summed E-state index contributed by atoms with van der Waals surface area (Å²) in [6.45, 7) is 6.84. The summed E-state index contributed by atoms with van der Waals surface area (Å²) in [7, 11) is 0. The lowest BCUT2D eigenvalue weighted by Gasteiger charge is -2.37. The Morgan fingerprint density at radius 3 is 2.88 bits per heavy atom. The van der Waals surface area contributed by atoms with Crippen molar-refractivity contribution < 1.29 is 14.1 Å². The number of likely N-dealkylation sites (tertiary alicyclic amines) is 1. The summed E-state index contributed by atoms with van der Waals surface area (Å²) in [5.74, 6) is 2.23. The molecule has 1 atom stereocenters. The van der Waals surface area contributed by atoms with Gasteiger partial charge in [0, 0.05) is 32.2 Å². The third-order valence-corrected chi connectivity index (χ3v) is 5.28. The fourth-order valence-corrected chi connectivity index (χ4v) is 3.33. The van der Waals surface area contributed by atoms with E-state index in [4.69, 9.17) is 9.26 Å². The highest BCUT2D eigenvalue weighted by Crippen LogP contribution is 2.26. The summed E-state index contributed by atoms with van der Waals surface area (Å²) >= 11 is 0. The number of hydrogen-bond acceptors (Lipinski definition) is 5. The van der Waals surface area contributed by atoms with Gasteiger partial charge in [0.05, 0.1) is 12.5 Å². The monoisotopic (exact) mass is 350 g/mol. The molecule has 0 radical (unpaired) electrons. The van der Waals surface area contributed by atoms with E-state index in [2.05, 4.69) is 22.4 Å². The molecule has 1 aliphatic carbocycles. The molecule has 1 saturated heterocycles. The lowest BCUT2D eigenvalue weighted by Crippen LogP contribution is -2.54. The van der Waals surface area contributed by atoms with Crippen LogP contribution in [-0.2, 0) is 11.2 Å². The predicted octanol–water partition coefficient (Wildman–Crippen LogP) is 2.73. The van der Waals surface area contributed by atoms with Crippen LogP contribution in [0.5, 0.6) is 0 Å². The molecule has 3 rings (SSSR count). The van der Waals surface area contributed by atoms with Gasteiger partial charge in [-0.15, -0.1) is 0 Å². The Morgan fingerprint density at radius 1 is 1.40 bits per heavy atom. The van der Waals surface area contributed by atoms with Crippen molar-refractivity contribution in [2.24, 2.45) is 5.92 Å². The van der Waals surface area contributed by atoms with E-state index in [0.717, 1.165) is 18.9 Å². The zero-order valence-corrected chi connectivity index (χ0v) is 15.4. The number of nitrogens with zero attached hydrogens (tertiary/aromatic N) is 3. The van der Waals surface area contributed by atoms with Gasteiger partial charge in [-0.05, 0) is 32.1 Å². The van der Waals surface area contributed by atoms with Gasteiger partial charge in [-0.25, -0.2) is 4.79 Å². The van der Waals surface area contributed by atoms with Crippen LogP contribution in [0.2, 0.25) is 0 Å². The normalized spacial score (nSPS) is 19.8. The average Bonchev–Trinajstić information content (AvgIpc) is 3.22. The maximum atomic E-state index is 12.0. The Morgan fingerprint density at radius 2 is 2.16 bits per heavy atom. The van der Waals surface area contributed by atoms with Crippen LogP contribution in [-0.4, -0.2) is 53.4 Å². The molecule has 0 bridgehead atoms. The number of amides is 2. The molecule has 0 spiro atoms. The highest BCUT2D eigenvalue weighted by atomic mass is 16.5. The first kappa shape index (κ1) is 18.2. The number of rotatable bonds is 8. The maximum absolute atomic E-state index is 12.0. The van der Waals surface area contributed by atoms with Crippen molar-refractivity contribution in [3.8, 4) is 0 Å². The molecule has 2 amide bonds. The fraction of sp³-hybridized carbons (Fsp3) is 0.833. The van der Waals surface area contributed by atoms with Crippen LogP contribution in [0.25, 0.3) is 0 Å². The van der Waals surface area contributed by atoms with Gasteiger partial charge >= 0.3 is 6.03 Å². The lowest BCUT2D eigenvalue weighted by atomic mass is 10.0. The Labute approximate surface area is 149 Å². The number of hydrogen-bond donors (Lipinski definition) is 1. The van der Waals surface area contributed by atoms with E-state index >= 15 is 0 Å². The molecule has 1 unspecified atom stereocenters. The van der Waals surface area contributed by atoms with Gasteiger partial charge in [-0.2, -0.15) is 4.98 Å². The van der Waals surface area contributed by atoms with Crippen molar-refractivity contribution in [1.82, 2.24) is 20.4 Å². The van der Waals surface area contributed by atoms with Crippen LogP contribution >= 0.6 is 0 Å². The zero-order chi connectivity index (χ0) is 17.6. The van der Waals surface area contributed by atoms with E-state index in [-0.39, 0.29) is 18.0 Å². The molecule has 25 heavy (non-hydrogen) atoms. The van der Waals surface area contributed by atoms with Crippen molar-refractivity contribution in [2.45, 2.75) is 64.3 Å². The minimum absolute atomic E-state index is 0.00866. The number of carbonyl (C=O) groups excluding carboxylic acids is 1. The van der Waals surface area contributed by atoms with Crippen molar-refractivity contribution in [1.29, 1.82) is 0 Å². The molecule has 140 valence electrons. The third kappa shape index (κ3) is 4.93. The number of urea groups is 1. The van der Waals surface area contributed by atoms with Gasteiger partial charge in [0.1, 0.15) is 0 Å². The minimum atomic E-state index is -0.00866. The molecular weight excluding hydrogens is 320 g/mol. The molecule has 1 aromatic heterocycles. The maximum Gasteiger partial charge on any atom is 0.317 e. The van der Waals surface area contributed by atoms with Crippen molar-refractivity contribution >= 4 is 6.03 Å². The van der Waals surface area contributed by atoms with Gasteiger partial charge < -0.3 is 19.5 Å². The van der Waals surface area contributed by atoms with Gasteiger partial charge in [0.15, 0.2) is 5.82 Å². The quantitative estimate of drug-likeness (QED) is 0.729. The number of ether oxygens (including phenoxy) is 1. The number of nitrogens with one attached hydrogen (secondary N) is 1.